The van der Waals surface area contributed by atoms with Gasteiger partial charge in [0.25, 0.3) is 0 Å². The Balaban J connectivity index is 3.47. The van der Waals surface area contributed by atoms with Gasteiger partial charge in [0.2, 0.25) is 10.0 Å². The van der Waals surface area contributed by atoms with Crippen LogP contribution in [-0.4, -0.2) is 13.4 Å². The van der Waals surface area contributed by atoms with E-state index in [-0.39, 0.29) is 4.90 Å². The van der Waals surface area contributed by atoms with Crippen LogP contribution in [-0.2, 0) is 10.0 Å². The molecule has 0 atom stereocenters. The smallest absolute Gasteiger partial charge is 0.239 e. The molecule has 0 saturated carbocycles. The van der Waals surface area contributed by atoms with Gasteiger partial charge in [-0.25, -0.2) is 13.6 Å². The summed E-state index contributed by atoms with van der Waals surface area (Å²) in [5.41, 5.74) is 0.425. The van der Waals surface area contributed by atoms with Gasteiger partial charge in [-0.15, -0.1) is 0 Å². The van der Waals surface area contributed by atoms with E-state index < -0.39 is 10.0 Å². The van der Waals surface area contributed by atoms with Crippen molar-refractivity contribution < 1.29 is 8.42 Å². The fourth-order valence-electron chi connectivity index (χ4n) is 0.769. The van der Waals surface area contributed by atoms with Gasteiger partial charge in [0, 0.05) is 12.4 Å². The van der Waals surface area contributed by atoms with Crippen molar-refractivity contribution in [1.82, 2.24) is 4.98 Å². The first kappa shape index (κ1) is 9.44. The fourth-order valence-corrected chi connectivity index (χ4v) is 1.73. The maximum Gasteiger partial charge on any atom is 0.239 e. The molecule has 0 spiro atoms. The van der Waals surface area contributed by atoms with Gasteiger partial charge in [-0.3, -0.25) is 4.98 Å². The third kappa shape index (κ3) is 1.74. The van der Waals surface area contributed by atoms with Crippen molar-refractivity contribution in [3.05, 3.63) is 23.0 Å². The lowest BCUT2D eigenvalue weighted by atomic mass is 10.3. The van der Waals surface area contributed by atoms with Gasteiger partial charge < -0.3 is 0 Å². The molecule has 0 bridgehead atoms. The normalized spacial score (nSPS) is 11.6. The van der Waals surface area contributed by atoms with Crippen LogP contribution in [0, 0.1) is 6.92 Å². The summed E-state index contributed by atoms with van der Waals surface area (Å²) in [5.74, 6) is 0. The van der Waals surface area contributed by atoms with Crippen molar-refractivity contribution in [2.45, 2.75) is 11.8 Å². The highest BCUT2D eigenvalue weighted by Crippen LogP contribution is 2.19. The van der Waals surface area contributed by atoms with Crippen LogP contribution < -0.4 is 5.14 Å². The zero-order valence-electron chi connectivity index (χ0n) is 6.28. The Kier molecular flexibility index (Phi) is 2.36. The van der Waals surface area contributed by atoms with Crippen LogP contribution in [0.2, 0.25) is 5.02 Å². The third-order valence-electron chi connectivity index (χ3n) is 1.41. The standard InChI is InChI=1S/C6H7ClN2O2S/c1-4-5(7)2-9-3-6(4)12(8,10)11/h2-3H,1H3,(H2,8,10,11). The van der Waals surface area contributed by atoms with Crippen LogP contribution >= 0.6 is 11.6 Å². The summed E-state index contributed by atoms with van der Waals surface area (Å²) in [6, 6.07) is 0. The molecule has 12 heavy (non-hydrogen) atoms. The number of pyridine rings is 1. The molecule has 0 aromatic carbocycles. The summed E-state index contributed by atoms with van der Waals surface area (Å²) >= 11 is 5.64. The van der Waals surface area contributed by atoms with Gasteiger partial charge in [0.15, 0.2) is 0 Å². The van der Waals surface area contributed by atoms with Crippen molar-refractivity contribution in [3.8, 4) is 0 Å². The first-order valence-corrected chi connectivity index (χ1v) is 4.98. The molecular formula is C6H7ClN2O2S. The zero-order chi connectivity index (χ0) is 9.35. The lowest BCUT2D eigenvalue weighted by Gasteiger charge is -2.02. The number of primary sulfonamides is 1. The Morgan fingerprint density at radius 1 is 1.50 bits per heavy atom. The van der Waals surface area contributed by atoms with Crippen molar-refractivity contribution >= 4 is 21.6 Å². The Labute approximate surface area is 75.4 Å². The molecule has 6 heteroatoms. The van der Waals surface area contributed by atoms with Crippen LogP contribution in [0.5, 0.6) is 0 Å². The molecule has 0 amide bonds. The zero-order valence-corrected chi connectivity index (χ0v) is 7.85. The Morgan fingerprint density at radius 2 is 2.08 bits per heavy atom. The highest BCUT2D eigenvalue weighted by Gasteiger charge is 2.13. The van der Waals surface area contributed by atoms with E-state index >= 15 is 0 Å². The third-order valence-corrected chi connectivity index (χ3v) is 2.82. The first-order chi connectivity index (χ1) is 5.43. The van der Waals surface area contributed by atoms with Gasteiger partial charge in [0.1, 0.15) is 4.90 Å². The summed E-state index contributed by atoms with van der Waals surface area (Å²) in [6.07, 6.45) is 2.54. The molecule has 0 fully saturated rings. The monoisotopic (exact) mass is 206 g/mol. The molecular weight excluding hydrogens is 200 g/mol. The summed E-state index contributed by atoms with van der Waals surface area (Å²) in [7, 11) is -3.70. The van der Waals surface area contributed by atoms with Crippen molar-refractivity contribution in [2.75, 3.05) is 0 Å². The average Bonchev–Trinajstić information content (AvgIpc) is 1.92. The first-order valence-electron chi connectivity index (χ1n) is 3.06. The van der Waals surface area contributed by atoms with Crippen LogP contribution in [0.15, 0.2) is 17.3 Å². The minimum atomic E-state index is -3.70. The Bertz CT molecular complexity index is 402. The summed E-state index contributed by atoms with van der Waals surface area (Å²) in [5, 5.41) is 5.19. The predicted octanol–water partition coefficient (Wildman–Crippen LogP) is 0.691. The highest BCUT2D eigenvalue weighted by atomic mass is 35.5. The Morgan fingerprint density at radius 3 is 2.50 bits per heavy atom. The molecule has 1 aromatic heterocycles. The number of sulfonamides is 1. The van der Waals surface area contributed by atoms with E-state index in [0.29, 0.717) is 10.6 Å². The number of rotatable bonds is 1. The number of nitrogens with two attached hydrogens (primary N) is 1. The predicted molar refractivity (Wildman–Crippen MR) is 45.4 cm³/mol. The highest BCUT2D eigenvalue weighted by molar-refractivity contribution is 7.89. The Hall–Kier alpha value is -0.650. The van der Waals surface area contributed by atoms with Crippen molar-refractivity contribution in [2.24, 2.45) is 5.14 Å². The number of nitrogens with zero attached hydrogens (tertiary/aromatic N) is 1. The minimum absolute atomic E-state index is 0.0324. The van der Waals surface area contributed by atoms with E-state index in [1.54, 1.807) is 6.92 Å². The van der Waals surface area contributed by atoms with Gasteiger partial charge in [-0.05, 0) is 12.5 Å². The number of halogens is 1. The molecule has 66 valence electrons. The quantitative estimate of drug-likeness (QED) is 0.735. The summed E-state index contributed by atoms with van der Waals surface area (Å²) < 4.78 is 21.8. The second-order valence-electron chi connectivity index (χ2n) is 2.29. The largest absolute Gasteiger partial charge is 0.262 e. The maximum atomic E-state index is 10.9. The second-order valence-corrected chi connectivity index (χ2v) is 4.23. The van der Waals surface area contributed by atoms with E-state index in [1.807, 2.05) is 0 Å². The topological polar surface area (TPSA) is 73.0 Å². The number of hydrogen-bond donors (Lipinski definition) is 1. The van der Waals surface area contributed by atoms with E-state index in [9.17, 15) is 8.42 Å². The molecule has 0 aliphatic heterocycles. The maximum absolute atomic E-state index is 10.9. The molecule has 1 rings (SSSR count). The second kappa shape index (κ2) is 3.01. The number of aromatic nitrogens is 1. The van der Waals surface area contributed by atoms with Crippen molar-refractivity contribution in [1.29, 1.82) is 0 Å². The van der Waals surface area contributed by atoms with E-state index in [4.69, 9.17) is 16.7 Å². The van der Waals surface area contributed by atoms with Crippen LogP contribution in [0.25, 0.3) is 0 Å². The van der Waals surface area contributed by atoms with Gasteiger partial charge in [-0.2, -0.15) is 0 Å². The number of hydrogen-bond acceptors (Lipinski definition) is 3. The molecule has 0 saturated heterocycles. The summed E-state index contributed by atoms with van der Waals surface area (Å²) in [4.78, 5) is 3.59. The molecule has 0 radical (unpaired) electrons. The molecule has 1 heterocycles. The molecule has 0 aliphatic carbocycles. The fraction of sp³-hybridized carbons (Fsp3) is 0.167. The lowest BCUT2D eigenvalue weighted by Crippen LogP contribution is -2.14. The van der Waals surface area contributed by atoms with Gasteiger partial charge in [-0.1, -0.05) is 11.6 Å². The molecule has 0 unspecified atom stereocenters. The molecule has 0 aliphatic rings. The van der Waals surface area contributed by atoms with Crippen molar-refractivity contribution in [3.63, 3.8) is 0 Å². The SMILES string of the molecule is Cc1c(Cl)cncc1S(N)(=O)=O. The van der Waals surface area contributed by atoms with Gasteiger partial charge in [0.05, 0.1) is 5.02 Å². The molecule has 2 N–H and O–H groups in total. The van der Waals surface area contributed by atoms with Gasteiger partial charge >= 0.3 is 0 Å². The lowest BCUT2D eigenvalue weighted by molar-refractivity contribution is 0.596. The van der Waals surface area contributed by atoms with Crippen LogP contribution in [0.1, 0.15) is 5.56 Å². The van der Waals surface area contributed by atoms with E-state index in [1.165, 1.54) is 12.4 Å². The van der Waals surface area contributed by atoms with Crippen LogP contribution in [0.4, 0.5) is 0 Å². The summed E-state index contributed by atoms with van der Waals surface area (Å²) in [6.45, 7) is 1.57. The van der Waals surface area contributed by atoms with E-state index in [2.05, 4.69) is 4.98 Å². The van der Waals surface area contributed by atoms with E-state index in [0.717, 1.165) is 0 Å². The van der Waals surface area contributed by atoms with Crippen LogP contribution in [0.3, 0.4) is 0 Å². The minimum Gasteiger partial charge on any atom is -0.262 e. The molecule has 4 nitrogen and oxygen atoms in total. The molecule has 1 aromatic rings. The average molecular weight is 207 g/mol.